The lowest BCUT2D eigenvalue weighted by Gasteiger charge is -2.13. The van der Waals surface area contributed by atoms with Crippen LogP contribution in [0.2, 0.25) is 0 Å². The molecule has 0 N–H and O–H groups in total. The van der Waals surface area contributed by atoms with Crippen LogP contribution in [0.3, 0.4) is 0 Å². The van der Waals surface area contributed by atoms with Gasteiger partial charge < -0.3 is 9.47 Å². The molecule has 0 saturated carbocycles. The zero-order valence-electron chi connectivity index (χ0n) is 7.20. The third-order valence-electron chi connectivity index (χ3n) is 1.98. The summed E-state index contributed by atoms with van der Waals surface area (Å²) in [5.74, 6) is 0.926. The molecule has 0 aliphatic carbocycles. The van der Waals surface area contributed by atoms with E-state index < -0.39 is 0 Å². The van der Waals surface area contributed by atoms with E-state index in [2.05, 4.69) is 22.6 Å². The van der Waals surface area contributed by atoms with Crippen molar-refractivity contribution in [2.75, 3.05) is 6.61 Å². The Hall–Kier alpha value is -0.290. The van der Waals surface area contributed by atoms with Crippen LogP contribution in [0.1, 0.15) is 12.8 Å². The van der Waals surface area contributed by atoms with Crippen LogP contribution in [0, 0.1) is 3.57 Å². The zero-order chi connectivity index (χ0) is 9.10. The predicted molar refractivity (Wildman–Crippen MR) is 58.8 cm³/mol. The second-order valence-corrected chi connectivity index (χ2v) is 4.15. The van der Waals surface area contributed by atoms with Gasteiger partial charge in [0.1, 0.15) is 5.75 Å². The van der Waals surface area contributed by atoms with Crippen LogP contribution in [-0.4, -0.2) is 12.9 Å². The zero-order valence-corrected chi connectivity index (χ0v) is 9.36. The summed E-state index contributed by atoms with van der Waals surface area (Å²) in [7, 11) is 0. The first-order valence-corrected chi connectivity index (χ1v) is 5.47. The lowest BCUT2D eigenvalue weighted by Crippen LogP contribution is -2.14. The van der Waals surface area contributed by atoms with Gasteiger partial charge in [0, 0.05) is 6.42 Å². The molecule has 13 heavy (non-hydrogen) atoms. The molecule has 1 unspecified atom stereocenters. The first-order valence-electron chi connectivity index (χ1n) is 4.39. The van der Waals surface area contributed by atoms with E-state index >= 15 is 0 Å². The summed E-state index contributed by atoms with van der Waals surface area (Å²) in [5.41, 5.74) is 0. The SMILES string of the molecule is Ic1ccccc1OC1CCCO1. The molecule has 2 nitrogen and oxygen atoms in total. The van der Waals surface area contributed by atoms with Gasteiger partial charge in [0.25, 0.3) is 0 Å². The minimum absolute atomic E-state index is 0.0316. The highest BCUT2D eigenvalue weighted by Gasteiger charge is 2.17. The highest BCUT2D eigenvalue weighted by Crippen LogP contribution is 2.24. The van der Waals surface area contributed by atoms with Gasteiger partial charge in [-0.1, -0.05) is 12.1 Å². The summed E-state index contributed by atoms with van der Waals surface area (Å²) in [6.07, 6.45) is 2.08. The molecule has 1 saturated heterocycles. The lowest BCUT2D eigenvalue weighted by atomic mass is 10.3. The molecule has 1 aromatic carbocycles. The largest absolute Gasteiger partial charge is 0.464 e. The molecule has 0 amide bonds. The maximum Gasteiger partial charge on any atom is 0.199 e. The van der Waals surface area contributed by atoms with Crippen LogP contribution >= 0.6 is 22.6 Å². The first-order chi connectivity index (χ1) is 6.36. The maximum atomic E-state index is 5.68. The smallest absolute Gasteiger partial charge is 0.199 e. The van der Waals surface area contributed by atoms with Crippen LogP contribution in [0.4, 0.5) is 0 Å². The van der Waals surface area contributed by atoms with E-state index in [1.54, 1.807) is 0 Å². The van der Waals surface area contributed by atoms with E-state index in [-0.39, 0.29) is 6.29 Å². The minimum Gasteiger partial charge on any atom is -0.464 e. The Labute approximate surface area is 91.4 Å². The number of hydrogen-bond acceptors (Lipinski definition) is 2. The first kappa shape index (κ1) is 9.27. The summed E-state index contributed by atoms with van der Waals surface area (Å²) in [6, 6.07) is 7.99. The Morgan fingerprint density at radius 1 is 1.38 bits per heavy atom. The number of benzene rings is 1. The lowest BCUT2D eigenvalue weighted by molar-refractivity contribution is -0.0395. The average molecular weight is 290 g/mol. The van der Waals surface area contributed by atoms with E-state index in [1.807, 2.05) is 24.3 Å². The molecule has 0 radical (unpaired) electrons. The van der Waals surface area contributed by atoms with Crippen LogP contribution in [-0.2, 0) is 4.74 Å². The van der Waals surface area contributed by atoms with Gasteiger partial charge in [0.2, 0.25) is 0 Å². The molecule has 0 bridgehead atoms. The normalized spacial score (nSPS) is 21.8. The van der Waals surface area contributed by atoms with Crippen molar-refractivity contribution < 1.29 is 9.47 Å². The molecule has 2 rings (SSSR count). The molecule has 1 aliphatic rings. The molecule has 0 spiro atoms. The van der Waals surface area contributed by atoms with E-state index in [4.69, 9.17) is 9.47 Å². The van der Waals surface area contributed by atoms with Crippen LogP contribution in [0.5, 0.6) is 5.75 Å². The number of hydrogen-bond donors (Lipinski definition) is 0. The van der Waals surface area contributed by atoms with Crippen molar-refractivity contribution in [2.24, 2.45) is 0 Å². The average Bonchev–Trinajstić information content (AvgIpc) is 2.61. The van der Waals surface area contributed by atoms with Gasteiger partial charge in [-0.05, 0) is 41.1 Å². The molecule has 1 aliphatic heterocycles. The Morgan fingerprint density at radius 3 is 2.92 bits per heavy atom. The van der Waals surface area contributed by atoms with Crippen LogP contribution < -0.4 is 4.74 Å². The van der Waals surface area contributed by atoms with Gasteiger partial charge in [0.15, 0.2) is 6.29 Å². The van der Waals surface area contributed by atoms with Gasteiger partial charge in [-0.15, -0.1) is 0 Å². The van der Waals surface area contributed by atoms with Crippen molar-refractivity contribution in [1.82, 2.24) is 0 Å². The van der Waals surface area contributed by atoms with Crippen molar-refractivity contribution >= 4 is 22.6 Å². The summed E-state index contributed by atoms with van der Waals surface area (Å²) < 4.78 is 12.2. The van der Waals surface area contributed by atoms with Crippen molar-refractivity contribution in [3.8, 4) is 5.75 Å². The second-order valence-electron chi connectivity index (χ2n) is 2.99. The van der Waals surface area contributed by atoms with E-state index in [0.29, 0.717) is 0 Å². The fourth-order valence-electron chi connectivity index (χ4n) is 1.32. The van der Waals surface area contributed by atoms with Crippen molar-refractivity contribution in [3.05, 3.63) is 27.8 Å². The van der Waals surface area contributed by atoms with E-state index in [1.165, 1.54) is 0 Å². The highest BCUT2D eigenvalue weighted by atomic mass is 127. The summed E-state index contributed by atoms with van der Waals surface area (Å²) in [6.45, 7) is 0.827. The number of ether oxygens (including phenoxy) is 2. The fourth-order valence-corrected chi connectivity index (χ4v) is 1.84. The van der Waals surface area contributed by atoms with Crippen LogP contribution in [0.25, 0.3) is 0 Å². The van der Waals surface area contributed by atoms with Gasteiger partial charge in [-0.2, -0.15) is 0 Å². The Morgan fingerprint density at radius 2 is 2.23 bits per heavy atom. The van der Waals surface area contributed by atoms with Crippen LogP contribution in [0.15, 0.2) is 24.3 Å². The molecule has 70 valence electrons. The Kier molecular flexibility index (Phi) is 3.05. The maximum absolute atomic E-state index is 5.68. The molecule has 1 fully saturated rings. The van der Waals surface area contributed by atoms with Crippen molar-refractivity contribution in [2.45, 2.75) is 19.1 Å². The van der Waals surface area contributed by atoms with Gasteiger partial charge in [-0.25, -0.2) is 0 Å². The monoisotopic (exact) mass is 290 g/mol. The number of para-hydroxylation sites is 1. The summed E-state index contributed by atoms with van der Waals surface area (Å²) >= 11 is 2.27. The third kappa shape index (κ3) is 2.34. The van der Waals surface area contributed by atoms with Gasteiger partial charge in [-0.3, -0.25) is 0 Å². The molecular formula is C10H11IO2. The van der Waals surface area contributed by atoms with Gasteiger partial charge >= 0.3 is 0 Å². The van der Waals surface area contributed by atoms with E-state index in [0.717, 1.165) is 28.8 Å². The standard InChI is InChI=1S/C10H11IO2/c11-8-4-1-2-5-9(8)13-10-6-3-7-12-10/h1-2,4-5,10H,3,6-7H2. The quantitative estimate of drug-likeness (QED) is 0.780. The second kappa shape index (κ2) is 4.28. The highest BCUT2D eigenvalue weighted by molar-refractivity contribution is 14.1. The number of rotatable bonds is 2. The summed E-state index contributed by atoms with van der Waals surface area (Å²) in [4.78, 5) is 0. The van der Waals surface area contributed by atoms with Crippen molar-refractivity contribution in [3.63, 3.8) is 0 Å². The van der Waals surface area contributed by atoms with Crippen molar-refractivity contribution in [1.29, 1.82) is 0 Å². The molecule has 0 aromatic heterocycles. The molecule has 3 heteroatoms. The van der Waals surface area contributed by atoms with E-state index in [9.17, 15) is 0 Å². The number of halogens is 1. The Balaban J connectivity index is 2.04. The molecule has 1 atom stereocenters. The fraction of sp³-hybridized carbons (Fsp3) is 0.400. The van der Waals surface area contributed by atoms with Gasteiger partial charge in [0.05, 0.1) is 10.2 Å². The topological polar surface area (TPSA) is 18.5 Å². The molecular weight excluding hydrogens is 279 g/mol. The molecule has 1 aromatic rings. The summed E-state index contributed by atoms with van der Waals surface area (Å²) in [5, 5.41) is 0. The molecule has 1 heterocycles. The third-order valence-corrected chi connectivity index (χ3v) is 2.87. The minimum atomic E-state index is -0.0316. The Bertz CT molecular complexity index is 282. The predicted octanol–water partition coefficient (Wildman–Crippen LogP) is 2.81.